The molecule has 1 heterocycles. The fourth-order valence-electron chi connectivity index (χ4n) is 2.29. The second-order valence-electron chi connectivity index (χ2n) is 4.87. The zero-order valence-corrected chi connectivity index (χ0v) is 13.6. The number of pyridine rings is 1. The second kappa shape index (κ2) is 7.80. The number of rotatable bonds is 7. The minimum Gasteiger partial charge on any atom is -0.313 e. The monoisotopic (exact) mass is 368 g/mol. The summed E-state index contributed by atoms with van der Waals surface area (Å²) in [7, 11) is 0. The van der Waals surface area contributed by atoms with Crippen molar-refractivity contribution in [3.05, 3.63) is 41.6 Å². The van der Waals surface area contributed by atoms with Crippen molar-refractivity contribution in [1.29, 1.82) is 0 Å². The molecule has 102 valence electrons. The number of hydrogen-bond donors (Lipinski definition) is 1. The molecule has 0 aliphatic carbocycles. The summed E-state index contributed by atoms with van der Waals surface area (Å²) in [5.41, 5.74) is 3.56. The van der Waals surface area contributed by atoms with Crippen molar-refractivity contribution in [2.24, 2.45) is 0 Å². The quantitative estimate of drug-likeness (QED) is 0.449. The number of hydrogen-bond acceptors (Lipinski definition) is 2. The predicted molar refractivity (Wildman–Crippen MR) is 90.9 cm³/mol. The topological polar surface area (TPSA) is 24.9 Å². The summed E-state index contributed by atoms with van der Waals surface area (Å²) in [5.74, 6) is 0. The molecule has 2 aromatic rings. The summed E-state index contributed by atoms with van der Waals surface area (Å²) in [4.78, 5) is 4.58. The molecular weight excluding hydrogens is 347 g/mol. The highest BCUT2D eigenvalue weighted by Gasteiger charge is 2.02. The Bertz CT molecular complexity index is 525. The van der Waals surface area contributed by atoms with Crippen molar-refractivity contribution >= 4 is 33.5 Å². The molecule has 0 aliphatic heterocycles. The summed E-state index contributed by atoms with van der Waals surface area (Å²) >= 11 is 2.44. The zero-order chi connectivity index (χ0) is 13.5. The summed E-state index contributed by atoms with van der Waals surface area (Å²) < 4.78 is 1.27. The molecule has 19 heavy (non-hydrogen) atoms. The van der Waals surface area contributed by atoms with Gasteiger partial charge in [0.2, 0.25) is 0 Å². The van der Waals surface area contributed by atoms with Gasteiger partial charge in [0.15, 0.2) is 0 Å². The first-order valence-electron chi connectivity index (χ1n) is 6.93. The van der Waals surface area contributed by atoms with Crippen molar-refractivity contribution in [2.45, 2.75) is 32.7 Å². The lowest BCUT2D eigenvalue weighted by atomic mass is 10.1. The van der Waals surface area contributed by atoms with Gasteiger partial charge in [-0.05, 0) is 48.4 Å². The van der Waals surface area contributed by atoms with Crippen molar-refractivity contribution in [2.75, 3.05) is 11.0 Å². The van der Waals surface area contributed by atoms with Gasteiger partial charge in [0, 0.05) is 17.6 Å². The minimum absolute atomic E-state index is 0.939. The third kappa shape index (κ3) is 4.42. The number of unbranched alkanes of at least 4 members (excludes halogenated alkanes) is 2. The maximum Gasteiger partial charge on any atom is 0.0708 e. The summed E-state index contributed by atoms with van der Waals surface area (Å²) in [6.45, 7) is 4.11. The number of fused-ring (bicyclic) bond motifs is 1. The van der Waals surface area contributed by atoms with Crippen LogP contribution in [-0.2, 0) is 6.54 Å². The number of aryl methyl sites for hydroxylation is 1. The van der Waals surface area contributed by atoms with Crippen LogP contribution >= 0.6 is 22.6 Å². The number of nitrogens with one attached hydrogen (secondary N) is 1. The van der Waals surface area contributed by atoms with E-state index < -0.39 is 0 Å². The Morgan fingerprint density at radius 2 is 2.00 bits per heavy atom. The number of aromatic nitrogens is 1. The SMILES string of the molecule is Cc1cc(CNCCCCCI)c2ccccc2n1. The van der Waals surface area contributed by atoms with Crippen LogP contribution in [0.1, 0.15) is 30.5 Å². The number of benzene rings is 1. The van der Waals surface area contributed by atoms with Gasteiger partial charge in [0.05, 0.1) is 5.52 Å². The van der Waals surface area contributed by atoms with Gasteiger partial charge in [0.1, 0.15) is 0 Å². The zero-order valence-electron chi connectivity index (χ0n) is 11.5. The molecular formula is C16H21IN2. The molecule has 0 saturated carbocycles. The van der Waals surface area contributed by atoms with Crippen molar-refractivity contribution in [1.82, 2.24) is 10.3 Å². The Balaban J connectivity index is 1.96. The van der Waals surface area contributed by atoms with Crippen LogP contribution in [0, 0.1) is 6.92 Å². The van der Waals surface area contributed by atoms with E-state index in [-0.39, 0.29) is 0 Å². The Kier molecular flexibility index (Phi) is 6.04. The average molecular weight is 368 g/mol. The molecule has 0 spiro atoms. The predicted octanol–water partition coefficient (Wildman–Crippen LogP) is 4.24. The van der Waals surface area contributed by atoms with E-state index in [0.29, 0.717) is 0 Å². The number of nitrogens with zero attached hydrogens (tertiary/aromatic N) is 1. The molecule has 0 atom stereocenters. The maximum absolute atomic E-state index is 4.58. The standard InChI is InChI=1S/C16H21IN2/c1-13-11-14(12-18-10-6-2-5-9-17)15-7-3-4-8-16(15)19-13/h3-4,7-8,11,18H,2,5-6,9-10,12H2,1H3. The molecule has 0 saturated heterocycles. The maximum atomic E-state index is 4.58. The van der Waals surface area contributed by atoms with E-state index >= 15 is 0 Å². The first-order valence-corrected chi connectivity index (χ1v) is 8.46. The normalized spacial score (nSPS) is 11.1. The Labute approximate surface area is 129 Å². The van der Waals surface area contributed by atoms with Gasteiger partial charge >= 0.3 is 0 Å². The number of halogens is 1. The van der Waals surface area contributed by atoms with Gasteiger partial charge in [-0.1, -0.05) is 47.2 Å². The van der Waals surface area contributed by atoms with Crippen LogP contribution in [0.15, 0.2) is 30.3 Å². The van der Waals surface area contributed by atoms with E-state index in [2.05, 4.69) is 70.1 Å². The van der Waals surface area contributed by atoms with E-state index in [0.717, 1.165) is 24.3 Å². The van der Waals surface area contributed by atoms with Crippen LogP contribution in [0.25, 0.3) is 10.9 Å². The van der Waals surface area contributed by atoms with Crippen LogP contribution in [0.4, 0.5) is 0 Å². The van der Waals surface area contributed by atoms with Crippen LogP contribution in [0.3, 0.4) is 0 Å². The molecule has 0 unspecified atom stereocenters. The van der Waals surface area contributed by atoms with E-state index in [1.807, 2.05) is 0 Å². The molecule has 1 N–H and O–H groups in total. The van der Waals surface area contributed by atoms with E-state index in [1.165, 1.54) is 34.6 Å². The fraction of sp³-hybridized carbons (Fsp3) is 0.438. The van der Waals surface area contributed by atoms with E-state index in [9.17, 15) is 0 Å². The molecule has 0 radical (unpaired) electrons. The first-order chi connectivity index (χ1) is 9.31. The van der Waals surface area contributed by atoms with Gasteiger partial charge in [-0.3, -0.25) is 4.98 Å². The summed E-state index contributed by atoms with van der Waals surface area (Å²) in [6, 6.07) is 10.6. The first kappa shape index (κ1) is 14.7. The lowest BCUT2D eigenvalue weighted by Crippen LogP contribution is -2.15. The average Bonchev–Trinajstić information content (AvgIpc) is 2.42. The third-order valence-corrected chi connectivity index (χ3v) is 4.00. The van der Waals surface area contributed by atoms with Crippen LogP contribution in [0.5, 0.6) is 0 Å². The highest BCUT2D eigenvalue weighted by atomic mass is 127. The molecule has 1 aromatic carbocycles. The minimum atomic E-state index is 0.939. The molecule has 2 nitrogen and oxygen atoms in total. The number of para-hydroxylation sites is 1. The van der Waals surface area contributed by atoms with Gasteiger partial charge in [-0.25, -0.2) is 0 Å². The van der Waals surface area contributed by atoms with Crippen LogP contribution in [-0.4, -0.2) is 16.0 Å². The van der Waals surface area contributed by atoms with Crippen LogP contribution in [0.2, 0.25) is 0 Å². The Morgan fingerprint density at radius 1 is 1.16 bits per heavy atom. The van der Waals surface area contributed by atoms with Gasteiger partial charge < -0.3 is 5.32 Å². The summed E-state index contributed by atoms with van der Waals surface area (Å²) in [6.07, 6.45) is 3.93. The molecule has 3 heteroatoms. The van der Waals surface area contributed by atoms with Crippen LogP contribution < -0.4 is 5.32 Å². The van der Waals surface area contributed by atoms with Crippen molar-refractivity contribution in [3.63, 3.8) is 0 Å². The van der Waals surface area contributed by atoms with Crippen molar-refractivity contribution in [3.8, 4) is 0 Å². The van der Waals surface area contributed by atoms with Gasteiger partial charge in [-0.15, -0.1) is 0 Å². The van der Waals surface area contributed by atoms with E-state index in [4.69, 9.17) is 0 Å². The van der Waals surface area contributed by atoms with Gasteiger partial charge in [-0.2, -0.15) is 0 Å². The second-order valence-corrected chi connectivity index (χ2v) is 5.95. The van der Waals surface area contributed by atoms with Crippen molar-refractivity contribution < 1.29 is 0 Å². The van der Waals surface area contributed by atoms with Gasteiger partial charge in [0.25, 0.3) is 0 Å². The lowest BCUT2D eigenvalue weighted by molar-refractivity contribution is 0.621. The Hall–Kier alpha value is -0.680. The number of alkyl halides is 1. The fourth-order valence-corrected chi connectivity index (χ4v) is 2.82. The summed E-state index contributed by atoms with van der Waals surface area (Å²) in [5, 5.41) is 4.82. The Morgan fingerprint density at radius 3 is 2.84 bits per heavy atom. The molecule has 0 bridgehead atoms. The third-order valence-electron chi connectivity index (χ3n) is 3.23. The highest BCUT2D eigenvalue weighted by Crippen LogP contribution is 2.17. The molecule has 0 aliphatic rings. The smallest absolute Gasteiger partial charge is 0.0708 e. The molecule has 1 aromatic heterocycles. The molecule has 2 rings (SSSR count). The highest BCUT2D eigenvalue weighted by molar-refractivity contribution is 14.1. The molecule has 0 fully saturated rings. The largest absolute Gasteiger partial charge is 0.313 e. The molecule has 0 amide bonds. The van der Waals surface area contributed by atoms with E-state index in [1.54, 1.807) is 0 Å². The lowest BCUT2D eigenvalue weighted by Gasteiger charge is -2.09.